The van der Waals surface area contributed by atoms with Gasteiger partial charge in [-0.15, -0.1) is 0 Å². The van der Waals surface area contributed by atoms with Crippen molar-refractivity contribution in [3.63, 3.8) is 0 Å². The molecule has 0 aromatic heterocycles. The highest BCUT2D eigenvalue weighted by Gasteiger charge is 2.21. The van der Waals surface area contributed by atoms with Crippen LogP contribution in [0, 0.1) is 5.82 Å². The summed E-state index contributed by atoms with van der Waals surface area (Å²) in [6, 6.07) is 6.85. The summed E-state index contributed by atoms with van der Waals surface area (Å²) < 4.78 is 12.8. The van der Waals surface area contributed by atoms with Gasteiger partial charge in [0.1, 0.15) is 5.82 Å². The predicted octanol–water partition coefficient (Wildman–Crippen LogP) is 2.23. The van der Waals surface area contributed by atoms with Crippen LogP contribution in [0.4, 0.5) is 4.39 Å². The van der Waals surface area contributed by atoms with Crippen LogP contribution in [0.5, 0.6) is 0 Å². The summed E-state index contributed by atoms with van der Waals surface area (Å²) in [6.45, 7) is 7.39. The molecule has 2 rings (SSSR count). The summed E-state index contributed by atoms with van der Waals surface area (Å²) in [5.74, 6) is -0.197. The SMILES string of the molecule is CCC(CO)N1CCN(C/C=C/c2ccc(F)cc2)CC1. The number of aliphatic hydroxyl groups excluding tert-OH is 1. The Kier molecular flexibility index (Phi) is 6.36. The van der Waals surface area contributed by atoms with Crippen LogP contribution >= 0.6 is 0 Å². The fraction of sp³-hybridized carbons (Fsp3) is 0.529. The summed E-state index contributed by atoms with van der Waals surface area (Å²) in [5, 5.41) is 9.34. The van der Waals surface area contributed by atoms with Gasteiger partial charge in [0.05, 0.1) is 6.61 Å². The highest BCUT2D eigenvalue weighted by Crippen LogP contribution is 2.09. The smallest absolute Gasteiger partial charge is 0.123 e. The first kappa shape index (κ1) is 16.1. The second-order valence-corrected chi connectivity index (χ2v) is 5.54. The standard InChI is InChI=1S/C17H25FN2O/c1-2-17(14-21)20-12-10-19(11-13-20)9-3-4-15-5-7-16(18)8-6-15/h3-8,17,21H,2,9-14H2,1H3/b4-3+. The highest BCUT2D eigenvalue weighted by atomic mass is 19.1. The van der Waals surface area contributed by atoms with Crippen LogP contribution < -0.4 is 0 Å². The maximum Gasteiger partial charge on any atom is 0.123 e. The average Bonchev–Trinajstić information content (AvgIpc) is 2.52. The Bertz CT molecular complexity index is 435. The van der Waals surface area contributed by atoms with Crippen molar-refractivity contribution in [1.29, 1.82) is 0 Å². The van der Waals surface area contributed by atoms with Gasteiger partial charge < -0.3 is 5.11 Å². The van der Waals surface area contributed by atoms with E-state index in [1.807, 2.05) is 6.08 Å². The third-order valence-corrected chi connectivity index (χ3v) is 4.15. The minimum absolute atomic E-state index is 0.197. The molecule has 1 fully saturated rings. The molecule has 1 aliphatic heterocycles. The Balaban J connectivity index is 1.75. The van der Waals surface area contributed by atoms with Gasteiger partial charge in [0, 0.05) is 38.8 Å². The quantitative estimate of drug-likeness (QED) is 0.871. The Morgan fingerprint density at radius 1 is 1.19 bits per heavy atom. The van der Waals surface area contributed by atoms with Crippen molar-refractivity contribution in [2.75, 3.05) is 39.3 Å². The molecule has 1 aliphatic rings. The first-order valence-corrected chi connectivity index (χ1v) is 7.72. The molecule has 0 saturated carbocycles. The molecule has 1 heterocycles. The first-order chi connectivity index (χ1) is 10.2. The van der Waals surface area contributed by atoms with E-state index >= 15 is 0 Å². The zero-order valence-corrected chi connectivity index (χ0v) is 12.7. The minimum Gasteiger partial charge on any atom is -0.395 e. The molecule has 0 spiro atoms. The Labute approximate surface area is 126 Å². The molecule has 0 amide bonds. The van der Waals surface area contributed by atoms with Crippen molar-refractivity contribution in [3.8, 4) is 0 Å². The summed E-state index contributed by atoms with van der Waals surface area (Å²) in [5.41, 5.74) is 1.03. The molecule has 1 aromatic rings. The molecular formula is C17H25FN2O. The van der Waals surface area contributed by atoms with Crippen LogP contribution in [-0.4, -0.2) is 60.3 Å². The van der Waals surface area contributed by atoms with E-state index in [4.69, 9.17) is 0 Å². The van der Waals surface area contributed by atoms with E-state index in [-0.39, 0.29) is 12.4 Å². The zero-order chi connectivity index (χ0) is 15.1. The van der Waals surface area contributed by atoms with Crippen molar-refractivity contribution < 1.29 is 9.50 Å². The number of rotatable bonds is 6. The summed E-state index contributed by atoms with van der Waals surface area (Å²) in [7, 11) is 0. The zero-order valence-electron chi connectivity index (χ0n) is 12.7. The van der Waals surface area contributed by atoms with Gasteiger partial charge in [0.2, 0.25) is 0 Å². The topological polar surface area (TPSA) is 26.7 Å². The fourth-order valence-corrected chi connectivity index (χ4v) is 2.73. The predicted molar refractivity (Wildman–Crippen MR) is 84.6 cm³/mol. The lowest BCUT2D eigenvalue weighted by atomic mass is 10.1. The minimum atomic E-state index is -0.197. The number of benzene rings is 1. The van der Waals surface area contributed by atoms with E-state index < -0.39 is 0 Å². The molecule has 0 radical (unpaired) electrons. The number of piperazine rings is 1. The van der Waals surface area contributed by atoms with Gasteiger partial charge in [-0.1, -0.05) is 31.2 Å². The molecule has 4 heteroatoms. The van der Waals surface area contributed by atoms with Crippen molar-refractivity contribution in [1.82, 2.24) is 9.80 Å². The van der Waals surface area contributed by atoms with Gasteiger partial charge >= 0.3 is 0 Å². The van der Waals surface area contributed by atoms with Crippen LogP contribution in [0.25, 0.3) is 6.08 Å². The number of hydrogen-bond acceptors (Lipinski definition) is 3. The van der Waals surface area contributed by atoms with Crippen LogP contribution in [0.3, 0.4) is 0 Å². The van der Waals surface area contributed by atoms with Gasteiger partial charge in [-0.2, -0.15) is 0 Å². The number of hydrogen-bond donors (Lipinski definition) is 1. The Hall–Kier alpha value is -1.23. The van der Waals surface area contributed by atoms with Crippen LogP contribution in [0.1, 0.15) is 18.9 Å². The molecular weight excluding hydrogens is 267 g/mol. The van der Waals surface area contributed by atoms with Crippen molar-refractivity contribution in [2.45, 2.75) is 19.4 Å². The second kappa shape index (κ2) is 8.27. The number of nitrogens with zero attached hydrogens (tertiary/aromatic N) is 2. The van der Waals surface area contributed by atoms with E-state index in [9.17, 15) is 9.50 Å². The van der Waals surface area contributed by atoms with Gasteiger partial charge in [-0.05, 0) is 24.1 Å². The first-order valence-electron chi connectivity index (χ1n) is 7.72. The third-order valence-electron chi connectivity index (χ3n) is 4.15. The van der Waals surface area contributed by atoms with E-state index in [2.05, 4.69) is 22.8 Å². The monoisotopic (exact) mass is 292 g/mol. The van der Waals surface area contributed by atoms with Crippen LogP contribution in [0.15, 0.2) is 30.3 Å². The maximum atomic E-state index is 12.8. The molecule has 21 heavy (non-hydrogen) atoms. The molecule has 116 valence electrons. The average molecular weight is 292 g/mol. The molecule has 1 unspecified atom stereocenters. The van der Waals surface area contributed by atoms with E-state index in [0.29, 0.717) is 6.04 Å². The van der Waals surface area contributed by atoms with Gasteiger partial charge in [-0.3, -0.25) is 9.80 Å². The largest absolute Gasteiger partial charge is 0.395 e. The lowest BCUT2D eigenvalue weighted by molar-refractivity contribution is 0.0681. The molecule has 1 atom stereocenters. The lowest BCUT2D eigenvalue weighted by Gasteiger charge is -2.38. The molecule has 1 aromatic carbocycles. The van der Waals surface area contributed by atoms with E-state index in [1.165, 1.54) is 12.1 Å². The van der Waals surface area contributed by atoms with E-state index in [1.54, 1.807) is 12.1 Å². The molecule has 1 N–H and O–H groups in total. The number of halogens is 1. The third kappa shape index (κ3) is 4.92. The fourth-order valence-electron chi connectivity index (χ4n) is 2.73. The molecule has 3 nitrogen and oxygen atoms in total. The Morgan fingerprint density at radius 3 is 2.43 bits per heavy atom. The lowest BCUT2D eigenvalue weighted by Crippen LogP contribution is -2.51. The van der Waals surface area contributed by atoms with Crippen LogP contribution in [0.2, 0.25) is 0 Å². The Morgan fingerprint density at radius 2 is 1.86 bits per heavy atom. The molecule has 1 saturated heterocycles. The van der Waals surface area contributed by atoms with Gasteiger partial charge in [-0.25, -0.2) is 4.39 Å². The highest BCUT2D eigenvalue weighted by molar-refractivity contribution is 5.48. The van der Waals surface area contributed by atoms with Crippen molar-refractivity contribution in [3.05, 3.63) is 41.7 Å². The van der Waals surface area contributed by atoms with Crippen molar-refractivity contribution >= 4 is 6.08 Å². The number of aliphatic hydroxyl groups is 1. The summed E-state index contributed by atoms with van der Waals surface area (Å²) in [6.07, 6.45) is 5.17. The maximum absolute atomic E-state index is 12.8. The second-order valence-electron chi connectivity index (χ2n) is 5.54. The molecule has 0 aliphatic carbocycles. The van der Waals surface area contributed by atoms with Gasteiger partial charge in [0.15, 0.2) is 0 Å². The van der Waals surface area contributed by atoms with Crippen LogP contribution in [-0.2, 0) is 0 Å². The van der Waals surface area contributed by atoms with Crippen molar-refractivity contribution in [2.24, 2.45) is 0 Å². The molecule has 0 bridgehead atoms. The normalized spacial score (nSPS) is 19.2. The summed E-state index contributed by atoms with van der Waals surface area (Å²) in [4.78, 5) is 4.78. The van der Waals surface area contributed by atoms with E-state index in [0.717, 1.165) is 44.7 Å². The summed E-state index contributed by atoms with van der Waals surface area (Å²) >= 11 is 0. The van der Waals surface area contributed by atoms with Gasteiger partial charge in [0.25, 0.3) is 0 Å².